The van der Waals surface area contributed by atoms with Crippen molar-refractivity contribution in [3.05, 3.63) is 72.3 Å². The van der Waals surface area contributed by atoms with Gasteiger partial charge in [0.2, 0.25) is 6.79 Å². The Morgan fingerprint density at radius 1 is 0.778 bits per heavy atom. The van der Waals surface area contributed by atoms with Gasteiger partial charge < -0.3 is 14.8 Å². The fourth-order valence-electron chi connectivity index (χ4n) is 2.68. The number of sulfonamides is 1. The van der Waals surface area contributed by atoms with Crippen LogP contribution in [0.3, 0.4) is 0 Å². The summed E-state index contributed by atoms with van der Waals surface area (Å²) in [5.74, 6) is 0.969. The van der Waals surface area contributed by atoms with Crippen molar-refractivity contribution in [3.8, 4) is 11.5 Å². The number of hydrogen-bond acceptors (Lipinski definition) is 5. The summed E-state index contributed by atoms with van der Waals surface area (Å²) in [6, 6.07) is 19.6. The van der Waals surface area contributed by atoms with E-state index in [0.717, 1.165) is 11.4 Å². The molecular weight excluding hydrogens is 364 g/mol. The zero-order chi connectivity index (χ0) is 18.9. The van der Waals surface area contributed by atoms with Crippen LogP contribution in [-0.4, -0.2) is 15.2 Å². The van der Waals surface area contributed by atoms with Crippen LogP contribution >= 0.6 is 0 Å². The van der Waals surface area contributed by atoms with Crippen LogP contribution in [0.5, 0.6) is 11.5 Å². The number of rotatable bonds is 5. The lowest BCUT2D eigenvalue weighted by Gasteiger charge is -2.11. The van der Waals surface area contributed by atoms with Crippen molar-refractivity contribution in [3.63, 3.8) is 0 Å². The number of aryl methyl sites for hydroxylation is 1. The fourth-order valence-corrected chi connectivity index (χ4v) is 3.76. The third-order valence-electron chi connectivity index (χ3n) is 4.13. The minimum Gasteiger partial charge on any atom is -0.454 e. The van der Waals surface area contributed by atoms with Crippen molar-refractivity contribution in [1.29, 1.82) is 0 Å². The SMILES string of the molecule is Cc1ccc(Nc2ccc(NS(=O)(=O)c3ccc4c(c3)OCO4)cc2)cc1. The molecule has 0 aromatic heterocycles. The largest absolute Gasteiger partial charge is 0.454 e. The van der Waals surface area contributed by atoms with Crippen LogP contribution in [0.25, 0.3) is 0 Å². The zero-order valence-corrected chi connectivity index (χ0v) is 15.4. The maximum absolute atomic E-state index is 12.6. The molecule has 6 nitrogen and oxygen atoms in total. The smallest absolute Gasteiger partial charge is 0.262 e. The van der Waals surface area contributed by atoms with Crippen molar-refractivity contribution >= 4 is 27.1 Å². The lowest BCUT2D eigenvalue weighted by Crippen LogP contribution is -2.12. The molecule has 0 amide bonds. The highest BCUT2D eigenvalue weighted by atomic mass is 32.2. The Labute approximate surface area is 157 Å². The summed E-state index contributed by atoms with van der Waals surface area (Å²) in [7, 11) is -3.72. The molecule has 0 saturated carbocycles. The van der Waals surface area contributed by atoms with Gasteiger partial charge in [-0.3, -0.25) is 4.72 Å². The minimum absolute atomic E-state index is 0.0989. The highest BCUT2D eigenvalue weighted by Crippen LogP contribution is 2.34. The Bertz CT molecular complexity index is 1060. The van der Waals surface area contributed by atoms with Gasteiger partial charge in [0.25, 0.3) is 10.0 Å². The van der Waals surface area contributed by atoms with E-state index in [9.17, 15) is 8.42 Å². The molecule has 0 aliphatic carbocycles. The van der Waals surface area contributed by atoms with E-state index in [1.54, 1.807) is 18.2 Å². The van der Waals surface area contributed by atoms with Gasteiger partial charge in [0, 0.05) is 23.1 Å². The van der Waals surface area contributed by atoms with Crippen molar-refractivity contribution in [2.75, 3.05) is 16.8 Å². The van der Waals surface area contributed by atoms with Crippen LogP contribution in [0.15, 0.2) is 71.6 Å². The van der Waals surface area contributed by atoms with Gasteiger partial charge in [0.1, 0.15) is 0 Å². The molecule has 0 bridgehead atoms. The average molecular weight is 382 g/mol. The van der Waals surface area contributed by atoms with Gasteiger partial charge >= 0.3 is 0 Å². The highest BCUT2D eigenvalue weighted by molar-refractivity contribution is 7.92. The number of fused-ring (bicyclic) bond motifs is 1. The van der Waals surface area contributed by atoms with E-state index in [2.05, 4.69) is 10.0 Å². The number of nitrogens with one attached hydrogen (secondary N) is 2. The lowest BCUT2D eigenvalue weighted by atomic mass is 10.2. The standard InChI is InChI=1S/C20H18N2O4S/c1-14-2-4-15(5-3-14)21-16-6-8-17(9-7-16)22-27(23,24)18-10-11-19-20(12-18)26-13-25-19/h2-12,21-22H,13H2,1H3. The summed E-state index contributed by atoms with van der Waals surface area (Å²) in [5, 5.41) is 3.27. The minimum atomic E-state index is -3.72. The second-order valence-electron chi connectivity index (χ2n) is 6.19. The number of hydrogen-bond donors (Lipinski definition) is 2. The van der Waals surface area contributed by atoms with E-state index in [4.69, 9.17) is 9.47 Å². The Hall–Kier alpha value is -3.19. The topological polar surface area (TPSA) is 76.7 Å². The van der Waals surface area contributed by atoms with Crippen molar-refractivity contribution in [2.24, 2.45) is 0 Å². The zero-order valence-electron chi connectivity index (χ0n) is 14.6. The highest BCUT2D eigenvalue weighted by Gasteiger charge is 2.20. The van der Waals surface area contributed by atoms with Gasteiger partial charge in [0.15, 0.2) is 11.5 Å². The summed E-state index contributed by atoms with van der Waals surface area (Å²) >= 11 is 0. The molecule has 4 rings (SSSR count). The number of benzene rings is 3. The van der Waals surface area contributed by atoms with Crippen LogP contribution in [0, 0.1) is 6.92 Å². The van der Waals surface area contributed by atoms with Crippen molar-refractivity contribution < 1.29 is 17.9 Å². The first-order chi connectivity index (χ1) is 13.0. The van der Waals surface area contributed by atoms with Gasteiger partial charge in [-0.25, -0.2) is 8.42 Å². The van der Waals surface area contributed by atoms with E-state index >= 15 is 0 Å². The quantitative estimate of drug-likeness (QED) is 0.689. The molecule has 7 heteroatoms. The predicted octanol–water partition coefficient (Wildman–Crippen LogP) is 4.27. The average Bonchev–Trinajstić information content (AvgIpc) is 3.13. The van der Waals surface area contributed by atoms with E-state index in [1.165, 1.54) is 17.7 Å². The molecule has 0 atom stereocenters. The summed E-state index contributed by atoms with van der Waals surface area (Å²) in [6.45, 7) is 2.13. The Kier molecular flexibility index (Phi) is 4.37. The molecule has 1 aliphatic heterocycles. The Morgan fingerprint density at radius 3 is 2.07 bits per heavy atom. The Morgan fingerprint density at radius 2 is 1.37 bits per heavy atom. The van der Waals surface area contributed by atoms with Crippen LogP contribution in [0.4, 0.5) is 17.1 Å². The first kappa shape index (κ1) is 17.2. The maximum Gasteiger partial charge on any atom is 0.262 e. The first-order valence-corrected chi connectivity index (χ1v) is 9.84. The third-order valence-corrected chi connectivity index (χ3v) is 5.51. The summed E-state index contributed by atoms with van der Waals surface area (Å²) in [6.07, 6.45) is 0. The maximum atomic E-state index is 12.6. The summed E-state index contributed by atoms with van der Waals surface area (Å²) in [5.41, 5.74) is 3.50. The second-order valence-corrected chi connectivity index (χ2v) is 7.87. The molecule has 0 spiro atoms. The van der Waals surface area contributed by atoms with Gasteiger partial charge in [-0.15, -0.1) is 0 Å². The van der Waals surface area contributed by atoms with E-state index < -0.39 is 10.0 Å². The Balaban J connectivity index is 1.48. The fraction of sp³-hybridized carbons (Fsp3) is 0.100. The molecule has 2 N–H and O–H groups in total. The van der Waals surface area contributed by atoms with E-state index in [0.29, 0.717) is 17.2 Å². The molecular formula is C20H18N2O4S. The molecule has 0 radical (unpaired) electrons. The monoisotopic (exact) mass is 382 g/mol. The van der Waals surface area contributed by atoms with E-state index in [1.807, 2.05) is 43.3 Å². The van der Waals surface area contributed by atoms with Crippen LogP contribution in [0.1, 0.15) is 5.56 Å². The molecule has 27 heavy (non-hydrogen) atoms. The number of ether oxygens (including phenoxy) is 2. The van der Waals surface area contributed by atoms with Crippen molar-refractivity contribution in [2.45, 2.75) is 11.8 Å². The van der Waals surface area contributed by atoms with Gasteiger partial charge in [0.05, 0.1) is 4.90 Å². The molecule has 1 aliphatic rings. The third kappa shape index (κ3) is 3.83. The second kappa shape index (κ2) is 6.85. The molecule has 138 valence electrons. The molecule has 1 heterocycles. The van der Waals surface area contributed by atoms with E-state index in [-0.39, 0.29) is 11.7 Å². The molecule has 3 aromatic carbocycles. The van der Waals surface area contributed by atoms with Gasteiger partial charge in [-0.2, -0.15) is 0 Å². The van der Waals surface area contributed by atoms with Gasteiger partial charge in [-0.1, -0.05) is 17.7 Å². The lowest BCUT2D eigenvalue weighted by molar-refractivity contribution is 0.174. The first-order valence-electron chi connectivity index (χ1n) is 8.36. The normalized spacial score (nSPS) is 12.6. The van der Waals surface area contributed by atoms with Gasteiger partial charge in [-0.05, 0) is 55.5 Å². The van der Waals surface area contributed by atoms with Crippen LogP contribution in [0.2, 0.25) is 0 Å². The van der Waals surface area contributed by atoms with Crippen LogP contribution < -0.4 is 19.5 Å². The molecule has 0 saturated heterocycles. The molecule has 0 fully saturated rings. The summed E-state index contributed by atoms with van der Waals surface area (Å²) < 4.78 is 38.2. The van der Waals surface area contributed by atoms with Crippen molar-refractivity contribution in [1.82, 2.24) is 0 Å². The predicted molar refractivity (Wildman–Crippen MR) is 104 cm³/mol. The molecule has 0 unspecified atom stereocenters. The number of anilines is 3. The van der Waals surface area contributed by atoms with Crippen LogP contribution in [-0.2, 0) is 10.0 Å². The molecule has 3 aromatic rings. The summed E-state index contributed by atoms with van der Waals surface area (Å²) in [4.78, 5) is 0.119.